The van der Waals surface area contributed by atoms with Crippen LogP contribution in [0.1, 0.15) is 35.7 Å². The molecule has 1 heterocycles. The molecule has 106 valence electrons. The lowest BCUT2D eigenvalue weighted by Gasteiger charge is -2.39. The van der Waals surface area contributed by atoms with E-state index in [-0.39, 0.29) is 24.4 Å². The summed E-state index contributed by atoms with van der Waals surface area (Å²) in [6.07, 6.45) is 2.24. The number of nitrogens with two attached hydrogens (primary N) is 1. The number of benzene rings is 1. The molecule has 4 heteroatoms. The molecule has 2 unspecified atom stereocenters. The maximum absolute atomic E-state index is 12.6. The first kappa shape index (κ1) is 16.0. The Hall–Kier alpha value is -1.06. The van der Waals surface area contributed by atoms with E-state index in [2.05, 4.69) is 6.92 Å². The molecule has 0 bridgehead atoms. The van der Waals surface area contributed by atoms with E-state index >= 15 is 0 Å². The van der Waals surface area contributed by atoms with Crippen LogP contribution in [0.3, 0.4) is 0 Å². The molecule has 2 N–H and O–H groups in total. The molecule has 0 aromatic heterocycles. The second kappa shape index (κ2) is 6.92. The molecular formula is C15H23ClN2O. The van der Waals surface area contributed by atoms with Gasteiger partial charge in [-0.3, -0.25) is 4.79 Å². The van der Waals surface area contributed by atoms with Gasteiger partial charge in [-0.05, 0) is 37.3 Å². The first-order valence-electron chi connectivity index (χ1n) is 6.71. The zero-order valence-electron chi connectivity index (χ0n) is 11.6. The second-order valence-corrected chi connectivity index (χ2v) is 5.24. The number of rotatable bonds is 2. The van der Waals surface area contributed by atoms with Gasteiger partial charge in [0.15, 0.2) is 0 Å². The predicted octanol–water partition coefficient (Wildman–Crippen LogP) is 2.62. The summed E-state index contributed by atoms with van der Waals surface area (Å²) in [6.45, 7) is 5.56. The summed E-state index contributed by atoms with van der Waals surface area (Å²) in [5, 5.41) is 0. The summed E-state index contributed by atoms with van der Waals surface area (Å²) in [6, 6.07) is 7.96. The Bertz CT molecular complexity index is 436. The number of nitrogens with zero attached hydrogens (tertiary/aromatic N) is 1. The van der Waals surface area contributed by atoms with Crippen molar-refractivity contribution in [3.8, 4) is 0 Å². The normalized spacial score (nSPS) is 22.8. The highest BCUT2D eigenvalue weighted by Gasteiger charge is 2.31. The molecule has 1 aromatic rings. The molecule has 0 aliphatic carbocycles. The Labute approximate surface area is 121 Å². The van der Waals surface area contributed by atoms with Crippen LogP contribution < -0.4 is 5.73 Å². The first-order chi connectivity index (χ1) is 8.65. The molecule has 2 rings (SSSR count). The Balaban J connectivity index is 0.00000180. The van der Waals surface area contributed by atoms with Crippen LogP contribution in [0.4, 0.5) is 0 Å². The Morgan fingerprint density at radius 1 is 1.42 bits per heavy atom. The lowest BCUT2D eigenvalue weighted by molar-refractivity contribution is 0.0532. The summed E-state index contributed by atoms with van der Waals surface area (Å²) >= 11 is 0. The maximum atomic E-state index is 12.6. The molecular weight excluding hydrogens is 260 g/mol. The number of aryl methyl sites for hydroxylation is 1. The Morgan fingerprint density at radius 2 is 2.11 bits per heavy atom. The minimum atomic E-state index is 0. The second-order valence-electron chi connectivity index (χ2n) is 5.24. The number of amides is 1. The molecule has 1 fully saturated rings. The van der Waals surface area contributed by atoms with Gasteiger partial charge >= 0.3 is 0 Å². The molecule has 3 nitrogen and oxygen atoms in total. The standard InChI is InChI=1S/C15H22N2O.ClH/c1-11-6-3-4-8-13(11)15(18)17-9-5-7-12(2)14(17)10-16;/h3-4,6,8,12,14H,5,7,9-10,16H2,1-2H3;1H. The van der Waals surface area contributed by atoms with Gasteiger partial charge in [-0.1, -0.05) is 25.1 Å². The van der Waals surface area contributed by atoms with Crippen LogP contribution in [-0.2, 0) is 0 Å². The SMILES string of the molecule is Cc1ccccc1C(=O)N1CCCC(C)C1CN.Cl. The zero-order valence-corrected chi connectivity index (χ0v) is 12.5. The van der Waals surface area contributed by atoms with Gasteiger partial charge in [0, 0.05) is 24.7 Å². The van der Waals surface area contributed by atoms with Crippen LogP contribution in [0, 0.1) is 12.8 Å². The number of likely N-dealkylation sites (tertiary alicyclic amines) is 1. The van der Waals surface area contributed by atoms with E-state index in [1.165, 1.54) is 6.42 Å². The number of carbonyl (C=O) groups is 1. The van der Waals surface area contributed by atoms with Crippen LogP contribution in [0.5, 0.6) is 0 Å². The van der Waals surface area contributed by atoms with Gasteiger partial charge in [0.1, 0.15) is 0 Å². The molecule has 0 radical (unpaired) electrons. The minimum Gasteiger partial charge on any atom is -0.334 e. The van der Waals surface area contributed by atoms with Crippen molar-refractivity contribution in [2.75, 3.05) is 13.1 Å². The van der Waals surface area contributed by atoms with Crippen LogP contribution >= 0.6 is 12.4 Å². The molecule has 0 saturated carbocycles. The van der Waals surface area contributed by atoms with E-state index in [1.54, 1.807) is 0 Å². The van der Waals surface area contributed by atoms with Crippen molar-refractivity contribution in [2.24, 2.45) is 11.7 Å². The summed E-state index contributed by atoms with van der Waals surface area (Å²) < 4.78 is 0. The van der Waals surface area contributed by atoms with Gasteiger partial charge in [0.2, 0.25) is 0 Å². The number of halogens is 1. The Morgan fingerprint density at radius 3 is 2.74 bits per heavy atom. The lowest BCUT2D eigenvalue weighted by Crippen LogP contribution is -2.51. The highest BCUT2D eigenvalue weighted by molar-refractivity contribution is 5.95. The number of carbonyl (C=O) groups excluding carboxylic acids is 1. The maximum Gasteiger partial charge on any atom is 0.254 e. The van der Waals surface area contributed by atoms with Gasteiger partial charge in [0.05, 0.1) is 0 Å². The van der Waals surface area contributed by atoms with Crippen LogP contribution in [0.25, 0.3) is 0 Å². The summed E-state index contributed by atoms with van der Waals surface area (Å²) in [5.74, 6) is 0.631. The van der Waals surface area contributed by atoms with Crippen LogP contribution in [0.15, 0.2) is 24.3 Å². The van der Waals surface area contributed by atoms with Crippen LogP contribution in [-0.4, -0.2) is 29.9 Å². The number of hydrogen-bond acceptors (Lipinski definition) is 2. The van der Waals surface area contributed by atoms with Crippen molar-refractivity contribution < 1.29 is 4.79 Å². The van der Waals surface area contributed by atoms with Crippen LogP contribution in [0.2, 0.25) is 0 Å². The average Bonchev–Trinajstić information content (AvgIpc) is 2.38. The molecule has 19 heavy (non-hydrogen) atoms. The lowest BCUT2D eigenvalue weighted by atomic mass is 9.90. The minimum absolute atomic E-state index is 0. The fourth-order valence-electron chi connectivity index (χ4n) is 2.83. The van der Waals surface area contributed by atoms with Gasteiger partial charge in [0.25, 0.3) is 5.91 Å². The number of piperidine rings is 1. The third-order valence-corrected chi connectivity index (χ3v) is 3.99. The van der Waals surface area contributed by atoms with E-state index in [0.717, 1.165) is 24.1 Å². The van der Waals surface area contributed by atoms with Crippen molar-refractivity contribution in [1.29, 1.82) is 0 Å². The highest BCUT2D eigenvalue weighted by Crippen LogP contribution is 2.25. The average molecular weight is 283 g/mol. The molecule has 1 saturated heterocycles. The van der Waals surface area contributed by atoms with E-state index < -0.39 is 0 Å². The first-order valence-corrected chi connectivity index (χ1v) is 6.71. The van der Waals surface area contributed by atoms with Gasteiger partial charge in [-0.15, -0.1) is 12.4 Å². The van der Waals surface area contributed by atoms with Crippen molar-refractivity contribution in [3.63, 3.8) is 0 Å². The highest BCUT2D eigenvalue weighted by atomic mass is 35.5. The molecule has 1 aromatic carbocycles. The third-order valence-electron chi connectivity index (χ3n) is 3.99. The smallest absolute Gasteiger partial charge is 0.254 e. The fraction of sp³-hybridized carbons (Fsp3) is 0.533. The van der Waals surface area contributed by atoms with E-state index in [4.69, 9.17) is 5.73 Å². The van der Waals surface area contributed by atoms with Gasteiger partial charge in [-0.2, -0.15) is 0 Å². The molecule has 2 atom stereocenters. The predicted molar refractivity (Wildman–Crippen MR) is 80.7 cm³/mol. The topological polar surface area (TPSA) is 46.3 Å². The van der Waals surface area contributed by atoms with Crippen molar-refractivity contribution in [1.82, 2.24) is 4.90 Å². The van der Waals surface area contributed by atoms with E-state index in [9.17, 15) is 4.79 Å². The molecule has 1 aliphatic rings. The summed E-state index contributed by atoms with van der Waals surface area (Å²) in [7, 11) is 0. The summed E-state index contributed by atoms with van der Waals surface area (Å²) in [5.41, 5.74) is 7.69. The van der Waals surface area contributed by atoms with Crippen molar-refractivity contribution in [3.05, 3.63) is 35.4 Å². The van der Waals surface area contributed by atoms with Crippen molar-refractivity contribution in [2.45, 2.75) is 32.7 Å². The molecule has 1 amide bonds. The largest absolute Gasteiger partial charge is 0.334 e. The molecule has 1 aliphatic heterocycles. The monoisotopic (exact) mass is 282 g/mol. The molecule has 0 spiro atoms. The van der Waals surface area contributed by atoms with Gasteiger partial charge in [-0.25, -0.2) is 0 Å². The summed E-state index contributed by atoms with van der Waals surface area (Å²) in [4.78, 5) is 14.6. The Kier molecular flexibility index (Phi) is 5.83. The fourth-order valence-corrected chi connectivity index (χ4v) is 2.83. The van der Waals surface area contributed by atoms with E-state index in [0.29, 0.717) is 12.5 Å². The van der Waals surface area contributed by atoms with Gasteiger partial charge < -0.3 is 10.6 Å². The quantitative estimate of drug-likeness (QED) is 0.906. The van der Waals surface area contributed by atoms with E-state index in [1.807, 2.05) is 36.1 Å². The third kappa shape index (κ3) is 3.28. The zero-order chi connectivity index (χ0) is 13.1. The van der Waals surface area contributed by atoms with Crippen molar-refractivity contribution >= 4 is 18.3 Å². The number of hydrogen-bond donors (Lipinski definition) is 1.